The molecule has 20 heavy (non-hydrogen) atoms. The molecule has 1 fully saturated rings. The first-order chi connectivity index (χ1) is 9.38. The molecule has 0 spiro atoms. The maximum absolute atomic E-state index is 12.4. The molecule has 2 aliphatic heterocycles. The van der Waals surface area contributed by atoms with Gasteiger partial charge in [-0.3, -0.25) is 19.9 Å². The van der Waals surface area contributed by atoms with E-state index in [0.29, 0.717) is 17.7 Å². The molecule has 1 saturated heterocycles. The fourth-order valence-corrected chi connectivity index (χ4v) is 2.43. The number of guanidine groups is 1. The third-order valence-electron chi connectivity index (χ3n) is 3.70. The Balaban J connectivity index is 2.34. The molecule has 0 aromatic carbocycles. The van der Waals surface area contributed by atoms with E-state index in [0.717, 1.165) is 17.9 Å². The van der Waals surface area contributed by atoms with Gasteiger partial charge in [0.25, 0.3) is 5.91 Å². The summed E-state index contributed by atoms with van der Waals surface area (Å²) in [5, 5.41) is 3.01. The van der Waals surface area contributed by atoms with Crippen molar-refractivity contribution in [3.05, 3.63) is 0 Å². The van der Waals surface area contributed by atoms with E-state index in [1.54, 1.807) is 14.1 Å². The van der Waals surface area contributed by atoms with Crippen LogP contribution in [0.25, 0.3) is 0 Å². The van der Waals surface area contributed by atoms with E-state index in [4.69, 9.17) is 0 Å². The second-order valence-corrected chi connectivity index (χ2v) is 5.56. The second kappa shape index (κ2) is 5.22. The molecule has 1 atom stereocenters. The molecular formula is C13H22N5O2+. The topological polar surface area (TPSA) is 68.0 Å². The van der Waals surface area contributed by atoms with E-state index in [1.165, 1.54) is 11.9 Å². The van der Waals surface area contributed by atoms with E-state index < -0.39 is 6.04 Å². The van der Waals surface area contributed by atoms with Crippen LogP contribution in [0.4, 0.5) is 4.79 Å². The van der Waals surface area contributed by atoms with Crippen molar-refractivity contribution in [2.75, 3.05) is 27.7 Å². The quantitative estimate of drug-likeness (QED) is 0.736. The van der Waals surface area contributed by atoms with Crippen LogP contribution < -0.4 is 5.32 Å². The highest BCUT2D eigenvalue weighted by molar-refractivity contribution is 6.22. The maximum Gasteiger partial charge on any atom is 0.389 e. The number of hydrogen-bond acceptors (Lipinski definition) is 4. The SMILES string of the molecule is CNC1=[N+](CCC(C)C)C2C(=O)N(C)C(=O)N(C)C2=N1. The molecule has 1 unspecified atom stereocenters. The molecule has 3 amide bonds. The van der Waals surface area contributed by atoms with Crippen LogP contribution >= 0.6 is 0 Å². The molecule has 0 aliphatic carbocycles. The molecule has 0 aromatic rings. The number of amidine groups is 1. The minimum atomic E-state index is -0.496. The summed E-state index contributed by atoms with van der Waals surface area (Å²) in [5.41, 5.74) is 0. The zero-order valence-corrected chi connectivity index (χ0v) is 12.7. The molecule has 2 aliphatic rings. The Bertz CT molecular complexity index is 509. The molecule has 2 rings (SSSR count). The first-order valence-electron chi connectivity index (χ1n) is 6.83. The van der Waals surface area contributed by atoms with Crippen molar-refractivity contribution in [1.29, 1.82) is 0 Å². The number of nitrogens with one attached hydrogen (secondary N) is 1. The smallest absolute Gasteiger partial charge is 0.277 e. The summed E-state index contributed by atoms with van der Waals surface area (Å²) in [7, 11) is 4.93. The van der Waals surface area contributed by atoms with E-state index in [2.05, 4.69) is 24.2 Å². The maximum atomic E-state index is 12.4. The van der Waals surface area contributed by atoms with Gasteiger partial charge in [-0.25, -0.2) is 9.37 Å². The molecule has 0 aromatic heterocycles. The zero-order chi connectivity index (χ0) is 15.0. The number of urea groups is 1. The van der Waals surface area contributed by atoms with E-state index in [1.807, 2.05) is 4.58 Å². The summed E-state index contributed by atoms with van der Waals surface area (Å²) in [4.78, 5) is 31.4. The number of carbonyl (C=O) groups excluding carboxylic acids is 2. The van der Waals surface area contributed by atoms with Crippen LogP contribution in [0.5, 0.6) is 0 Å². The highest BCUT2D eigenvalue weighted by atomic mass is 16.2. The molecule has 0 saturated carbocycles. The summed E-state index contributed by atoms with van der Waals surface area (Å²) < 4.78 is 1.94. The monoisotopic (exact) mass is 280 g/mol. The van der Waals surface area contributed by atoms with Crippen molar-refractivity contribution < 1.29 is 14.2 Å². The molecule has 0 bridgehead atoms. The lowest BCUT2D eigenvalue weighted by Crippen LogP contribution is -2.61. The van der Waals surface area contributed by atoms with E-state index in [-0.39, 0.29) is 11.9 Å². The summed E-state index contributed by atoms with van der Waals surface area (Å²) >= 11 is 0. The Morgan fingerprint density at radius 3 is 2.50 bits per heavy atom. The molecular weight excluding hydrogens is 258 g/mol. The largest absolute Gasteiger partial charge is 0.389 e. The standard InChI is InChI=1S/C13H21N5O2/c1-8(2)6-7-18-9-10(15-12(18)14-3)16(4)13(20)17(5)11(9)19/h8-9H,6-7H2,1-5H3/p+1. The lowest BCUT2D eigenvalue weighted by atomic mass is 10.1. The number of imide groups is 1. The van der Waals surface area contributed by atoms with Gasteiger partial charge in [0, 0.05) is 14.1 Å². The van der Waals surface area contributed by atoms with Crippen molar-refractivity contribution in [2.45, 2.75) is 26.3 Å². The summed E-state index contributed by atoms with van der Waals surface area (Å²) in [6.07, 6.45) is 0.957. The Morgan fingerprint density at radius 1 is 1.30 bits per heavy atom. The Hall–Kier alpha value is -1.92. The van der Waals surface area contributed by atoms with Crippen molar-refractivity contribution in [3.8, 4) is 0 Å². The van der Waals surface area contributed by atoms with Gasteiger partial charge in [0.15, 0.2) is 0 Å². The Morgan fingerprint density at radius 2 is 1.95 bits per heavy atom. The van der Waals surface area contributed by atoms with Crippen LogP contribution in [0.15, 0.2) is 4.99 Å². The molecule has 7 heteroatoms. The van der Waals surface area contributed by atoms with Gasteiger partial charge < -0.3 is 0 Å². The van der Waals surface area contributed by atoms with Gasteiger partial charge in [-0.05, 0) is 12.3 Å². The van der Waals surface area contributed by atoms with Gasteiger partial charge in [-0.2, -0.15) is 0 Å². The van der Waals surface area contributed by atoms with Crippen molar-refractivity contribution >= 4 is 23.7 Å². The third-order valence-corrected chi connectivity index (χ3v) is 3.70. The van der Waals surface area contributed by atoms with E-state index >= 15 is 0 Å². The highest BCUT2D eigenvalue weighted by Gasteiger charge is 2.50. The van der Waals surface area contributed by atoms with Crippen molar-refractivity contribution in [2.24, 2.45) is 10.9 Å². The van der Waals surface area contributed by atoms with Gasteiger partial charge >= 0.3 is 12.0 Å². The van der Waals surface area contributed by atoms with Gasteiger partial charge in [0.05, 0.1) is 13.6 Å². The fraction of sp³-hybridized carbons (Fsp3) is 0.692. The number of nitrogens with zero attached hydrogens (tertiary/aromatic N) is 4. The summed E-state index contributed by atoms with van der Waals surface area (Å²) in [6.45, 7) is 5.01. The molecule has 7 nitrogen and oxygen atoms in total. The van der Waals surface area contributed by atoms with Crippen LogP contribution in [0.2, 0.25) is 0 Å². The number of rotatable bonds is 3. The average Bonchev–Trinajstić information content (AvgIpc) is 2.79. The predicted molar refractivity (Wildman–Crippen MR) is 75.8 cm³/mol. The van der Waals surface area contributed by atoms with Crippen LogP contribution in [0, 0.1) is 5.92 Å². The first-order valence-corrected chi connectivity index (χ1v) is 6.83. The lowest BCUT2D eigenvalue weighted by molar-refractivity contribution is -0.538. The van der Waals surface area contributed by atoms with Crippen LogP contribution in [0.3, 0.4) is 0 Å². The summed E-state index contributed by atoms with van der Waals surface area (Å²) in [5.74, 6) is 1.47. The van der Waals surface area contributed by atoms with E-state index in [9.17, 15) is 9.59 Å². The van der Waals surface area contributed by atoms with Gasteiger partial charge in [-0.1, -0.05) is 18.8 Å². The number of fused-ring (bicyclic) bond motifs is 1. The number of likely N-dealkylation sites (N-methyl/N-ethyl adjacent to an activating group) is 2. The zero-order valence-electron chi connectivity index (χ0n) is 12.7. The lowest BCUT2D eigenvalue weighted by Gasteiger charge is -2.31. The van der Waals surface area contributed by atoms with Crippen LogP contribution in [-0.4, -0.2) is 71.8 Å². The minimum absolute atomic E-state index is 0.221. The predicted octanol–water partition coefficient (Wildman–Crippen LogP) is -0.0751. The highest BCUT2D eigenvalue weighted by Crippen LogP contribution is 2.19. The Labute approximate surface area is 119 Å². The third kappa shape index (κ3) is 2.17. The fourth-order valence-electron chi connectivity index (χ4n) is 2.43. The van der Waals surface area contributed by atoms with Crippen molar-refractivity contribution in [1.82, 2.24) is 15.1 Å². The number of amides is 3. The molecule has 0 radical (unpaired) electrons. The van der Waals surface area contributed by atoms with Gasteiger partial charge in [-0.15, -0.1) is 0 Å². The summed E-state index contributed by atoms with van der Waals surface area (Å²) in [6, 6.07) is -0.838. The number of hydrogen-bond donors (Lipinski definition) is 1. The molecule has 2 heterocycles. The van der Waals surface area contributed by atoms with Gasteiger partial charge in [0.1, 0.15) is 0 Å². The minimum Gasteiger partial charge on any atom is -0.277 e. The second-order valence-electron chi connectivity index (χ2n) is 5.56. The number of carbonyl (C=O) groups is 2. The van der Waals surface area contributed by atoms with Crippen LogP contribution in [0.1, 0.15) is 20.3 Å². The number of aliphatic imine (C=N–C) groups is 1. The first kappa shape index (κ1) is 14.5. The van der Waals surface area contributed by atoms with Gasteiger partial charge in [0.2, 0.25) is 11.9 Å². The molecule has 110 valence electrons. The average molecular weight is 280 g/mol. The normalized spacial score (nSPS) is 22.7. The van der Waals surface area contributed by atoms with Crippen LogP contribution in [-0.2, 0) is 4.79 Å². The molecule has 1 N–H and O–H groups in total. The van der Waals surface area contributed by atoms with Crippen molar-refractivity contribution in [3.63, 3.8) is 0 Å². The Kier molecular flexibility index (Phi) is 3.78.